The summed E-state index contributed by atoms with van der Waals surface area (Å²) in [5, 5.41) is 0. The van der Waals surface area contributed by atoms with Crippen LogP contribution in [-0.4, -0.2) is 7.11 Å². The van der Waals surface area contributed by atoms with Crippen LogP contribution in [0, 0.1) is 0 Å². The summed E-state index contributed by atoms with van der Waals surface area (Å²) in [6.45, 7) is 2.47. The van der Waals surface area contributed by atoms with Gasteiger partial charge in [0.05, 0.1) is 10.9 Å². The molecular weight excluding hydrogens is 326 g/mol. The topological polar surface area (TPSA) is 44.5 Å². The Morgan fingerprint density at radius 2 is 2.11 bits per heavy atom. The molecule has 1 heterocycles. The maximum Gasteiger partial charge on any atom is 0.128 e. The van der Waals surface area contributed by atoms with Gasteiger partial charge in [0.25, 0.3) is 0 Å². The molecule has 5 heteroatoms. The first kappa shape index (κ1) is 14.4. The number of benzene rings is 1. The van der Waals surface area contributed by atoms with E-state index in [1.807, 2.05) is 37.3 Å². The van der Waals surface area contributed by atoms with Crippen molar-refractivity contribution in [3.63, 3.8) is 0 Å². The molecule has 0 radical (unpaired) electrons. The van der Waals surface area contributed by atoms with Crippen molar-refractivity contribution in [2.75, 3.05) is 7.11 Å². The van der Waals surface area contributed by atoms with Gasteiger partial charge in [-0.1, -0.05) is 6.07 Å². The summed E-state index contributed by atoms with van der Waals surface area (Å²) in [4.78, 5) is 1.16. The van der Waals surface area contributed by atoms with Crippen LogP contribution in [0.3, 0.4) is 0 Å². The van der Waals surface area contributed by atoms with E-state index in [0.717, 1.165) is 25.7 Å². The molecule has 1 aromatic carbocycles. The summed E-state index contributed by atoms with van der Waals surface area (Å²) in [7, 11) is 1.64. The first-order valence-corrected chi connectivity index (χ1v) is 7.51. The van der Waals surface area contributed by atoms with Crippen molar-refractivity contribution < 1.29 is 9.47 Å². The quantitative estimate of drug-likeness (QED) is 0.889. The lowest BCUT2D eigenvalue weighted by Gasteiger charge is -2.14. The summed E-state index contributed by atoms with van der Waals surface area (Å²) in [6, 6.07) is 9.70. The number of thiophene rings is 1. The molecule has 0 spiro atoms. The maximum absolute atomic E-state index is 5.95. The Bertz CT molecular complexity index is 554. The van der Waals surface area contributed by atoms with Gasteiger partial charge in [-0.15, -0.1) is 11.3 Å². The van der Waals surface area contributed by atoms with Crippen LogP contribution in [0.25, 0.3) is 0 Å². The van der Waals surface area contributed by atoms with E-state index in [4.69, 9.17) is 15.2 Å². The van der Waals surface area contributed by atoms with Crippen LogP contribution in [0.15, 0.2) is 34.1 Å². The maximum atomic E-state index is 5.95. The second-order valence-corrected chi connectivity index (χ2v) is 6.73. The van der Waals surface area contributed by atoms with Crippen LogP contribution in [0.5, 0.6) is 11.5 Å². The smallest absolute Gasteiger partial charge is 0.128 e. The molecule has 0 unspecified atom stereocenters. The molecule has 0 saturated heterocycles. The Morgan fingerprint density at radius 1 is 1.32 bits per heavy atom. The summed E-state index contributed by atoms with van der Waals surface area (Å²) in [5.74, 6) is 1.55. The minimum Gasteiger partial charge on any atom is -0.497 e. The van der Waals surface area contributed by atoms with Crippen molar-refractivity contribution in [2.45, 2.75) is 19.6 Å². The molecule has 0 aliphatic carbocycles. The van der Waals surface area contributed by atoms with Crippen molar-refractivity contribution >= 4 is 27.3 Å². The Labute approximate surface area is 125 Å². The van der Waals surface area contributed by atoms with Gasteiger partial charge in [0, 0.05) is 22.5 Å². The minimum absolute atomic E-state index is 0.0732. The number of hydrogen-bond donors (Lipinski definition) is 1. The van der Waals surface area contributed by atoms with Crippen molar-refractivity contribution in [2.24, 2.45) is 5.73 Å². The lowest BCUT2D eigenvalue weighted by Crippen LogP contribution is -2.08. The van der Waals surface area contributed by atoms with Crippen molar-refractivity contribution in [1.82, 2.24) is 0 Å². The van der Waals surface area contributed by atoms with Crippen LogP contribution in [-0.2, 0) is 6.61 Å². The molecule has 0 aliphatic rings. The average molecular weight is 342 g/mol. The second-order valence-electron chi connectivity index (χ2n) is 4.19. The summed E-state index contributed by atoms with van der Waals surface area (Å²) < 4.78 is 12.2. The standard InChI is InChI=1S/C14H16BrNO2S/c1-9(16)12-5-3-10(17-2)7-13(12)18-8-11-4-6-14(15)19-11/h3-7,9H,8,16H2,1-2H3/t9-/m0/s1. The number of rotatable bonds is 5. The van der Waals surface area contributed by atoms with E-state index in [2.05, 4.69) is 15.9 Å². The van der Waals surface area contributed by atoms with Crippen molar-refractivity contribution in [3.05, 3.63) is 44.6 Å². The van der Waals surface area contributed by atoms with Crippen molar-refractivity contribution in [1.29, 1.82) is 0 Å². The summed E-state index contributed by atoms with van der Waals surface area (Å²) in [5.41, 5.74) is 6.94. The third-order valence-corrected chi connectivity index (χ3v) is 4.31. The van der Waals surface area contributed by atoms with Gasteiger partial charge in [-0.05, 0) is 41.1 Å². The van der Waals surface area contributed by atoms with Crippen LogP contribution in [0.2, 0.25) is 0 Å². The zero-order valence-electron chi connectivity index (χ0n) is 10.9. The molecule has 1 atom stereocenters. The molecule has 19 heavy (non-hydrogen) atoms. The van der Waals surface area contributed by atoms with Gasteiger partial charge in [-0.2, -0.15) is 0 Å². The Hall–Kier alpha value is -1.04. The summed E-state index contributed by atoms with van der Waals surface area (Å²) >= 11 is 5.10. The fourth-order valence-corrected chi connectivity index (χ4v) is 3.12. The molecule has 0 saturated carbocycles. The second kappa shape index (κ2) is 6.41. The van der Waals surface area contributed by atoms with Gasteiger partial charge in [0.2, 0.25) is 0 Å². The Kier molecular flexibility index (Phi) is 4.85. The highest BCUT2D eigenvalue weighted by Crippen LogP contribution is 2.30. The number of halogens is 1. The fraction of sp³-hybridized carbons (Fsp3) is 0.286. The minimum atomic E-state index is -0.0732. The molecule has 0 amide bonds. The molecule has 2 N–H and O–H groups in total. The lowest BCUT2D eigenvalue weighted by molar-refractivity contribution is 0.302. The first-order chi connectivity index (χ1) is 9.10. The normalized spacial score (nSPS) is 12.2. The molecule has 0 bridgehead atoms. The molecule has 1 aromatic heterocycles. The molecular formula is C14H16BrNO2S. The van der Waals surface area contributed by atoms with E-state index in [9.17, 15) is 0 Å². The number of methoxy groups -OCH3 is 1. The van der Waals surface area contributed by atoms with Gasteiger partial charge in [0.15, 0.2) is 0 Å². The van der Waals surface area contributed by atoms with Crippen LogP contribution in [0.1, 0.15) is 23.4 Å². The van der Waals surface area contributed by atoms with E-state index in [1.165, 1.54) is 0 Å². The Balaban J connectivity index is 2.17. The van der Waals surface area contributed by atoms with Gasteiger partial charge in [-0.25, -0.2) is 0 Å². The van der Waals surface area contributed by atoms with E-state index in [-0.39, 0.29) is 6.04 Å². The molecule has 102 valence electrons. The number of nitrogens with two attached hydrogens (primary N) is 1. The molecule has 2 aromatic rings. The third-order valence-electron chi connectivity index (χ3n) is 2.71. The van der Waals surface area contributed by atoms with E-state index in [0.29, 0.717) is 6.61 Å². The zero-order valence-corrected chi connectivity index (χ0v) is 13.3. The highest BCUT2D eigenvalue weighted by Gasteiger charge is 2.10. The highest BCUT2D eigenvalue weighted by atomic mass is 79.9. The fourth-order valence-electron chi connectivity index (χ4n) is 1.72. The predicted octanol–water partition coefficient (Wildman–Crippen LogP) is 4.12. The van der Waals surface area contributed by atoms with E-state index in [1.54, 1.807) is 18.4 Å². The predicted molar refractivity (Wildman–Crippen MR) is 81.9 cm³/mol. The Morgan fingerprint density at radius 3 is 2.68 bits per heavy atom. The SMILES string of the molecule is COc1ccc([C@H](C)N)c(OCc2ccc(Br)s2)c1. The summed E-state index contributed by atoms with van der Waals surface area (Å²) in [6.07, 6.45) is 0. The van der Waals surface area contributed by atoms with Gasteiger partial charge in [0.1, 0.15) is 18.1 Å². The first-order valence-electron chi connectivity index (χ1n) is 5.90. The zero-order chi connectivity index (χ0) is 13.8. The van der Waals surface area contributed by atoms with Gasteiger partial charge < -0.3 is 15.2 Å². The van der Waals surface area contributed by atoms with Gasteiger partial charge >= 0.3 is 0 Å². The number of ether oxygens (including phenoxy) is 2. The molecule has 0 aliphatic heterocycles. The van der Waals surface area contributed by atoms with Crippen molar-refractivity contribution in [3.8, 4) is 11.5 Å². The van der Waals surface area contributed by atoms with Crippen LogP contribution in [0.4, 0.5) is 0 Å². The highest BCUT2D eigenvalue weighted by molar-refractivity contribution is 9.11. The van der Waals surface area contributed by atoms with E-state index >= 15 is 0 Å². The molecule has 3 nitrogen and oxygen atoms in total. The van der Waals surface area contributed by atoms with Crippen LogP contribution < -0.4 is 15.2 Å². The lowest BCUT2D eigenvalue weighted by atomic mass is 10.1. The number of hydrogen-bond acceptors (Lipinski definition) is 4. The largest absolute Gasteiger partial charge is 0.497 e. The average Bonchev–Trinajstić information content (AvgIpc) is 2.81. The van der Waals surface area contributed by atoms with Crippen LogP contribution >= 0.6 is 27.3 Å². The molecule has 2 rings (SSSR count). The molecule has 0 fully saturated rings. The van der Waals surface area contributed by atoms with E-state index < -0.39 is 0 Å². The monoisotopic (exact) mass is 341 g/mol. The third kappa shape index (κ3) is 3.72. The van der Waals surface area contributed by atoms with Gasteiger partial charge in [-0.3, -0.25) is 0 Å².